The van der Waals surface area contributed by atoms with E-state index >= 15 is 0 Å². The number of aromatic nitrogens is 1. The Hall–Kier alpha value is -4.05. The van der Waals surface area contributed by atoms with E-state index in [1.54, 1.807) is 43.3 Å². The molecule has 4 amide bonds. The highest BCUT2D eigenvalue weighted by atomic mass is 32.1. The molecule has 0 radical (unpaired) electrons. The van der Waals surface area contributed by atoms with Gasteiger partial charge in [-0.1, -0.05) is 12.1 Å². The number of ether oxygens (including phenoxy) is 1. The number of fused-ring (bicyclic) bond motifs is 2. The lowest BCUT2D eigenvalue weighted by Crippen LogP contribution is -2.34. The van der Waals surface area contributed by atoms with Crippen LogP contribution in [0, 0.1) is 0 Å². The summed E-state index contributed by atoms with van der Waals surface area (Å²) < 4.78 is 5.57. The molecule has 1 atom stereocenters. The average molecular weight is 477 g/mol. The van der Waals surface area contributed by atoms with Crippen LogP contribution >= 0.6 is 11.3 Å². The van der Waals surface area contributed by atoms with Crippen molar-refractivity contribution in [3.8, 4) is 17.0 Å². The number of nitrogens with one attached hydrogen (secondary N) is 2. The number of hydrogen-bond donors (Lipinski definition) is 2. The van der Waals surface area contributed by atoms with Gasteiger partial charge >= 0.3 is 0 Å². The molecular weight excluding hydrogens is 456 g/mol. The monoisotopic (exact) mass is 476 g/mol. The van der Waals surface area contributed by atoms with E-state index in [2.05, 4.69) is 15.6 Å². The zero-order chi connectivity index (χ0) is 23.8. The summed E-state index contributed by atoms with van der Waals surface area (Å²) in [5.41, 5.74) is 2.80. The molecular formula is C24H20N4O5S. The number of imide groups is 1. The minimum Gasteiger partial charge on any atom is -0.479 e. The Labute approximate surface area is 198 Å². The molecule has 3 heterocycles. The van der Waals surface area contributed by atoms with Crippen LogP contribution in [-0.4, -0.2) is 46.2 Å². The van der Waals surface area contributed by atoms with Crippen LogP contribution < -0.4 is 15.4 Å². The fraction of sp³-hybridized carbons (Fsp3) is 0.208. The van der Waals surface area contributed by atoms with E-state index in [-0.39, 0.29) is 36.6 Å². The van der Waals surface area contributed by atoms with E-state index < -0.39 is 6.10 Å². The van der Waals surface area contributed by atoms with Crippen LogP contribution in [0.4, 0.5) is 10.8 Å². The maximum atomic E-state index is 12.4. The Morgan fingerprint density at radius 3 is 2.62 bits per heavy atom. The third kappa shape index (κ3) is 4.03. The number of nitrogens with zero attached hydrogens (tertiary/aromatic N) is 2. The lowest BCUT2D eigenvalue weighted by atomic mass is 10.1. The summed E-state index contributed by atoms with van der Waals surface area (Å²) in [6.45, 7) is 1.85. The molecule has 5 rings (SSSR count). The number of hydrogen-bond acceptors (Lipinski definition) is 7. The summed E-state index contributed by atoms with van der Waals surface area (Å²) in [7, 11) is 0. The largest absolute Gasteiger partial charge is 0.479 e. The van der Waals surface area contributed by atoms with Gasteiger partial charge in [-0.15, -0.1) is 11.3 Å². The summed E-state index contributed by atoms with van der Waals surface area (Å²) in [6, 6.07) is 12.1. The van der Waals surface area contributed by atoms with Gasteiger partial charge in [-0.05, 0) is 43.7 Å². The van der Waals surface area contributed by atoms with Gasteiger partial charge in [0.15, 0.2) is 11.2 Å². The molecule has 2 aliphatic heterocycles. The van der Waals surface area contributed by atoms with Gasteiger partial charge < -0.3 is 15.4 Å². The van der Waals surface area contributed by atoms with Crippen LogP contribution in [0.2, 0.25) is 0 Å². The van der Waals surface area contributed by atoms with Gasteiger partial charge in [0.2, 0.25) is 5.91 Å². The standard InChI is InChI=1S/C24H20N4O5S/c1-13-21(30)25-17-11-14(8-9-19(17)33-13)18-12-34-24(26-18)27-20(29)7-4-10-28-22(31)15-5-2-3-6-16(15)23(28)32/h2-3,5-6,8-9,11-13H,4,7,10H2,1H3,(H,25,30)(H,26,27,29). The molecule has 0 bridgehead atoms. The zero-order valence-electron chi connectivity index (χ0n) is 18.2. The highest BCUT2D eigenvalue weighted by Crippen LogP contribution is 2.35. The SMILES string of the molecule is CC1Oc2ccc(-c3csc(NC(=O)CCCN4C(=O)c5ccccc5C4=O)n3)cc2NC1=O. The Morgan fingerprint density at radius 1 is 1.15 bits per heavy atom. The first-order chi connectivity index (χ1) is 16.4. The van der Waals surface area contributed by atoms with E-state index in [1.807, 2.05) is 11.4 Å². The van der Waals surface area contributed by atoms with E-state index in [0.29, 0.717) is 39.8 Å². The highest BCUT2D eigenvalue weighted by molar-refractivity contribution is 7.14. The molecule has 0 saturated heterocycles. The van der Waals surface area contributed by atoms with Crippen molar-refractivity contribution in [3.05, 3.63) is 59.0 Å². The molecule has 9 nitrogen and oxygen atoms in total. The van der Waals surface area contributed by atoms with Gasteiger partial charge in [0.05, 0.1) is 22.5 Å². The van der Waals surface area contributed by atoms with Crippen LogP contribution in [0.5, 0.6) is 5.75 Å². The van der Waals surface area contributed by atoms with Crippen LogP contribution in [0.1, 0.15) is 40.5 Å². The van der Waals surface area contributed by atoms with Crippen molar-refractivity contribution in [3.63, 3.8) is 0 Å². The normalized spacial score (nSPS) is 16.6. The predicted octanol–water partition coefficient (Wildman–Crippen LogP) is 3.54. The molecule has 0 spiro atoms. The van der Waals surface area contributed by atoms with Gasteiger partial charge in [0, 0.05) is 23.9 Å². The van der Waals surface area contributed by atoms with Crippen molar-refractivity contribution in [2.24, 2.45) is 0 Å². The lowest BCUT2D eigenvalue weighted by molar-refractivity contribution is -0.122. The van der Waals surface area contributed by atoms with Crippen molar-refractivity contribution in [2.75, 3.05) is 17.2 Å². The Morgan fingerprint density at radius 2 is 1.88 bits per heavy atom. The van der Waals surface area contributed by atoms with Gasteiger partial charge in [-0.3, -0.25) is 24.1 Å². The molecule has 172 valence electrons. The van der Waals surface area contributed by atoms with Crippen molar-refractivity contribution in [2.45, 2.75) is 25.9 Å². The van der Waals surface area contributed by atoms with E-state index in [1.165, 1.54) is 16.2 Å². The third-order valence-corrected chi connectivity index (χ3v) is 6.38. The Balaban J connectivity index is 1.16. The first-order valence-corrected chi connectivity index (χ1v) is 11.6. The lowest BCUT2D eigenvalue weighted by Gasteiger charge is -2.23. The molecule has 2 aromatic carbocycles. The molecule has 0 saturated carbocycles. The fourth-order valence-corrected chi connectivity index (χ4v) is 4.59. The van der Waals surface area contributed by atoms with Gasteiger partial charge in [-0.25, -0.2) is 4.98 Å². The molecule has 1 aromatic heterocycles. The Kier molecular flexibility index (Phi) is 5.58. The first kappa shape index (κ1) is 21.8. The van der Waals surface area contributed by atoms with Crippen molar-refractivity contribution < 1.29 is 23.9 Å². The van der Waals surface area contributed by atoms with Crippen LogP contribution in [0.25, 0.3) is 11.3 Å². The predicted molar refractivity (Wildman–Crippen MR) is 126 cm³/mol. The van der Waals surface area contributed by atoms with Gasteiger partial charge in [0.1, 0.15) is 5.75 Å². The highest BCUT2D eigenvalue weighted by Gasteiger charge is 2.34. The maximum absolute atomic E-state index is 12.4. The number of carbonyl (C=O) groups is 4. The number of rotatable bonds is 6. The third-order valence-electron chi connectivity index (χ3n) is 5.62. The molecule has 10 heteroatoms. The Bertz CT molecular complexity index is 1300. The number of anilines is 2. The number of benzene rings is 2. The molecule has 3 aromatic rings. The number of carbonyl (C=O) groups excluding carboxylic acids is 4. The summed E-state index contributed by atoms with van der Waals surface area (Å²) in [5, 5.41) is 7.81. The topological polar surface area (TPSA) is 118 Å². The molecule has 0 fully saturated rings. The summed E-state index contributed by atoms with van der Waals surface area (Å²) in [4.78, 5) is 54.7. The smallest absolute Gasteiger partial charge is 0.265 e. The zero-order valence-corrected chi connectivity index (χ0v) is 19.0. The van der Waals surface area contributed by atoms with Crippen LogP contribution in [0.15, 0.2) is 47.8 Å². The summed E-state index contributed by atoms with van der Waals surface area (Å²) in [5.74, 6) is -0.523. The maximum Gasteiger partial charge on any atom is 0.265 e. The van der Waals surface area contributed by atoms with E-state index in [9.17, 15) is 19.2 Å². The van der Waals surface area contributed by atoms with Crippen LogP contribution in [-0.2, 0) is 9.59 Å². The second kappa shape index (κ2) is 8.71. The minimum atomic E-state index is -0.545. The second-order valence-corrected chi connectivity index (χ2v) is 8.82. The van der Waals surface area contributed by atoms with Crippen molar-refractivity contribution >= 4 is 45.8 Å². The van der Waals surface area contributed by atoms with Crippen molar-refractivity contribution in [1.82, 2.24) is 9.88 Å². The molecule has 34 heavy (non-hydrogen) atoms. The van der Waals surface area contributed by atoms with E-state index in [0.717, 1.165) is 5.56 Å². The quantitative estimate of drug-likeness (QED) is 0.526. The second-order valence-electron chi connectivity index (χ2n) is 7.96. The van der Waals surface area contributed by atoms with Crippen molar-refractivity contribution in [1.29, 1.82) is 0 Å². The van der Waals surface area contributed by atoms with Gasteiger partial charge in [-0.2, -0.15) is 0 Å². The summed E-state index contributed by atoms with van der Waals surface area (Å²) in [6.07, 6.45) is -0.0576. The van der Waals surface area contributed by atoms with Gasteiger partial charge in [0.25, 0.3) is 17.7 Å². The minimum absolute atomic E-state index is 0.142. The molecule has 0 aliphatic carbocycles. The summed E-state index contributed by atoms with van der Waals surface area (Å²) >= 11 is 1.28. The molecule has 1 unspecified atom stereocenters. The van der Waals surface area contributed by atoms with Crippen LogP contribution in [0.3, 0.4) is 0 Å². The molecule has 2 N–H and O–H groups in total. The first-order valence-electron chi connectivity index (χ1n) is 10.7. The average Bonchev–Trinajstić information content (AvgIpc) is 3.38. The van der Waals surface area contributed by atoms with E-state index in [4.69, 9.17) is 4.74 Å². The number of amides is 4. The molecule has 2 aliphatic rings. The fourth-order valence-electron chi connectivity index (χ4n) is 3.85. The number of thiazole rings is 1.